The van der Waals surface area contributed by atoms with E-state index < -0.39 is 13.3 Å². The first-order chi connectivity index (χ1) is 11.7. The molecule has 1 aromatic heterocycles. The van der Waals surface area contributed by atoms with Crippen molar-refractivity contribution in [2.45, 2.75) is 47.4 Å². The summed E-state index contributed by atoms with van der Waals surface area (Å²) >= 11 is -2.33. The van der Waals surface area contributed by atoms with Gasteiger partial charge in [-0.25, -0.2) is 0 Å². The van der Waals surface area contributed by atoms with Gasteiger partial charge in [-0.3, -0.25) is 0 Å². The number of hydrogen-bond acceptors (Lipinski definition) is 3. The van der Waals surface area contributed by atoms with E-state index in [1.54, 1.807) is 0 Å². The van der Waals surface area contributed by atoms with Gasteiger partial charge in [-0.2, -0.15) is 0 Å². The van der Waals surface area contributed by atoms with Crippen LogP contribution in [-0.2, 0) is 9.27 Å². The summed E-state index contributed by atoms with van der Waals surface area (Å²) in [6, 6.07) is 16.7. The molecule has 0 spiro atoms. The van der Waals surface area contributed by atoms with Crippen LogP contribution in [0.1, 0.15) is 38.4 Å². The second kappa shape index (κ2) is 7.10. The number of nitrogens with zero attached hydrogens (tertiary/aromatic N) is 2. The van der Waals surface area contributed by atoms with Gasteiger partial charge in [0.1, 0.15) is 0 Å². The van der Waals surface area contributed by atoms with Crippen LogP contribution >= 0.6 is 0 Å². The van der Waals surface area contributed by atoms with Gasteiger partial charge in [0.25, 0.3) is 0 Å². The molecule has 2 aromatic rings. The predicted octanol–water partition coefficient (Wildman–Crippen LogP) is 5.15. The van der Waals surface area contributed by atoms with Gasteiger partial charge in [0.2, 0.25) is 0 Å². The van der Waals surface area contributed by atoms with Crippen molar-refractivity contribution in [3.05, 3.63) is 66.0 Å². The quantitative estimate of drug-likeness (QED) is 0.647. The van der Waals surface area contributed by atoms with Gasteiger partial charge in [-0.15, -0.1) is 0 Å². The number of oxime groups is 1. The van der Waals surface area contributed by atoms with Crippen LogP contribution in [0.2, 0.25) is 15.8 Å². The van der Waals surface area contributed by atoms with E-state index in [1.807, 2.05) is 24.4 Å². The summed E-state index contributed by atoms with van der Waals surface area (Å²) in [7, 11) is 0. The zero-order valence-corrected chi connectivity index (χ0v) is 16.9. The number of aromatic nitrogens is 1. The first-order valence-corrected chi connectivity index (χ1v) is 14.4. The van der Waals surface area contributed by atoms with Crippen LogP contribution in [0.5, 0.6) is 0 Å². The van der Waals surface area contributed by atoms with Crippen LogP contribution in [0, 0.1) is 0 Å². The van der Waals surface area contributed by atoms with Crippen LogP contribution in [0.25, 0.3) is 0 Å². The minimum atomic E-state index is -2.33. The van der Waals surface area contributed by atoms with Crippen molar-refractivity contribution in [1.82, 2.24) is 4.98 Å². The SMILES string of the molecule is C[CH2][Ge]([CH2]C)([CH2]C)[C]1(c2ccccc2)CC(c2ccccn2)=NO1. The van der Waals surface area contributed by atoms with Crippen molar-refractivity contribution in [2.24, 2.45) is 5.16 Å². The third kappa shape index (κ3) is 2.69. The molecule has 0 saturated heterocycles. The zero-order valence-electron chi connectivity index (χ0n) is 14.8. The molecular formula is C20H26GeN2O. The Morgan fingerprint density at radius 2 is 1.62 bits per heavy atom. The Kier molecular flexibility index (Phi) is 5.09. The minimum absolute atomic E-state index is 0.230. The molecule has 1 aliphatic rings. The molecule has 1 aromatic carbocycles. The molecule has 24 heavy (non-hydrogen) atoms. The Hall–Kier alpha value is -1.62. The van der Waals surface area contributed by atoms with Gasteiger partial charge in [0.15, 0.2) is 0 Å². The second-order valence-corrected chi connectivity index (χ2v) is 18.1. The average molecular weight is 383 g/mol. The third-order valence-electron chi connectivity index (χ3n) is 5.82. The van der Waals surface area contributed by atoms with E-state index in [0.29, 0.717) is 0 Å². The van der Waals surface area contributed by atoms with E-state index in [9.17, 15) is 0 Å². The standard InChI is InChI=1S/C20H26GeN2O/c1-4-21(5-2,6-3)20(17-12-8-7-9-13-17)16-19(23-24-20)18-14-10-11-15-22-18/h7-15H,4-6,16H2,1-3H3. The number of benzene rings is 1. The van der Waals surface area contributed by atoms with Gasteiger partial charge in [0.05, 0.1) is 0 Å². The van der Waals surface area contributed by atoms with Gasteiger partial charge in [-0.05, 0) is 0 Å². The Morgan fingerprint density at radius 1 is 0.958 bits per heavy atom. The van der Waals surface area contributed by atoms with Crippen molar-refractivity contribution in [3.63, 3.8) is 0 Å². The second-order valence-electron chi connectivity index (χ2n) is 6.56. The number of rotatable bonds is 6. The molecule has 0 saturated carbocycles. The first-order valence-electron chi connectivity index (χ1n) is 8.93. The molecule has 1 unspecified atom stereocenters. The summed E-state index contributed by atoms with van der Waals surface area (Å²) in [4.78, 5) is 10.9. The molecule has 0 fully saturated rings. The molecule has 1 atom stereocenters. The van der Waals surface area contributed by atoms with Crippen molar-refractivity contribution in [2.75, 3.05) is 0 Å². The summed E-state index contributed by atoms with van der Waals surface area (Å²) in [6.45, 7) is 7.04. The molecule has 4 heteroatoms. The summed E-state index contributed by atoms with van der Waals surface area (Å²) in [6.07, 6.45) is 2.68. The Morgan fingerprint density at radius 3 is 2.21 bits per heavy atom. The molecule has 0 aliphatic carbocycles. The van der Waals surface area contributed by atoms with Crippen LogP contribution in [0.3, 0.4) is 0 Å². The molecular weight excluding hydrogens is 357 g/mol. The van der Waals surface area contributed by atoms with Crippen molar-refractivity contribution in [1.29, 1.82) is 0 Å². The van der Waals surface area contributed by atoms with E-state index in [2.05, 4.69) is 61.2 Å². The molecule has 126 valence electrons. The number of hydrogen-bond donors (Lipinski definition) is 0. The maximum absolute atomic E-state index is 6.36. The van der Waals surface area contributed by atoms with E-state index in [-0.39, 0.29) is 4.43 Å². The van der Waals surface area contributed by atoms with Crippen LogP contribution in [0.4, 0.5) is 0 Å². The Labute approximate surface area is 147 Å². The molecule has 0 N–H and O–H groups in total. The summed E-state index contributed by atoms with van der Waals surface area (Å²) in [5.41, 5.74) is 3.23. The van der Waals surface area contributed by atoms with Gasteiger partial charge in [-0.1, -0.05) is 0 Å². The fraction of sp³-hybridized carbons (Fsp3) is 0.400. The topological polar surface area (TPSA) is 34.5 Å². The van der Waals surface area contributed by atoms with Crippen molar-refractivity contribution < 1.29 is 4.84 Å². The molecule has 0 amide bonds. The van der Waals surface area contributed by atoms with E-state index in [0.717, 1.165) is 17.8 Å². The van der Waals surface area contributed by atoms with E-state index in [4.69, 9.17) is 4.84 Å². The van der Waals surface area contributed by atoms with Crippen LogP contribution in [-0.4, -0.2) is 24.0 Å². The Balaban J connectivity index is 2.07. The number of pyridine rings is 1. The van der Waals surface area contributed by atoms with Gasteiger partial charge in [0, 0.05) is 0 Å². The third-order valence-corrected chi connectivity index (χ3v) is 19.1. The van der Waals surface area contributed by atoms with Gasteiger partial charge >= 0.3 is 147 Å². The molecule has 0 bridgehead atoms. The fourth-order valence-electron chi connectivity index (χ4n) is 4.16. The normalized spacial score (nSPS) is 20.5. The monoisotopic (exact) mass is 384 g/mol. The maximum atomic E-state index is 6.36. The van der Waals surface area contributed by atoms with Crippen molar-refractivity contribution in [3.8, 4) is 0 Å². The van der Waals surface area contributed by atoms with E-state index in [1.165, 1.54) is 21.3 Å². The van der Waals surface area contributed by atoms with Crippen LogP contribution in [0.15, 0.2) is 59.9 Å². The predicted molar refractivity (Wildman–Crippen MR) is 102 cm³/mol. The summed E-state index contributed by atoms with van der Waals surface area (Å²) < 4.78 is -0.230. The van der Waals surface area contributed by atoms with Crippen LogP contribution < -0.4 is 0 Å². The van der Waals surface area contributed by atoms with Gasteiger partial charge < -0.3 is 0 Å². The molecule has 2 heterocycles. The molecule has 0 radical (unpaired) electrons. The molecule has 3 rings (SSSR count). The first kappa shape index (κ1) is 17.2. The van der Waals surface area contributed by atoms with Crippen molar-refractivity contribution >= 4 is 19.0 Å². The summed E-state index contributed by atoms with van der Waals surface area (Å²) in [5, 5.41) is 8.28. The molecule has 1 aliphatic heterocycles. The summed E-state index contributed by atoms with van der Waals surface area (Å²) in [5.74, 6) is 0. The fourth-order valence-corrected chi connectivity index (χ4v) is 14.2. The Bertz CT molecular complexity index is 690. The average Bonchev–Trinajstić information content (AvgIpc) is 3.12. The zero-order chi connectivity index (χ0) is 17.0. The molecule has 3 nitrogen and oxygen atoms in total. The van der Waals surface area contributed by atoms with E-state index >= 15 is 0 Å².